The van der Waals surface area contributed by atoms with Crippen molar-refractivity contribution in [3.8, 4) is 5.75 Å². The first kappa shape index (κ1) is 12.4. The minimum atomic E-state index is -0.202. The van der Waals surface area contributed by atoms with E-state index < -0.39 is 0 Å². The predicted octanol–water partition coefficient (Wildman–Crippen LogP) is 3.33. The maximum Gasteiger partial charge on any atom is 0.123 e. The minimum Gasteiger partial charge on any atom is -0.494 e. The van der Waals surface area contributed by atoms with Gasteiger partial charge in [0.05, 0.1) is 18.8 Å². The molecule has 0 amide bonds. The van der Waals surface area contributed by atoms with E-state index in [1.165, 1.54) is 6.07 Å². The highest BCUT2D eigenvalue weighted by molar-refractivity contribution is 5.34. The van der Waals surface area contributed by atoms with Gasteiger partial charge in [-0.15, -0.1) is 0 Å². The van der Waals surface area contributed by atoms with E-state index in [0.29, 0.717) is 18.8 Å². The van der Waals surface area contributed by atoms with Gasteiger partial charge in [-0.2, -0.15) is 0 Å². The fourth-order valence-electron chi connectivity index (χ4n) is 2.13. The summed E-state index contributed by atoms with van der Waals surface area (Å²) in [5.74, 6) is 0.592. The van der Waals surface area contributed by atoms with E-state index in [0.717, 1.165) is 30.6 Å². The van der Waals surface area contributed by atoms with Crippen LogP contribution >= 0.6 is 0 Å². The molecule has 1 saturated heterocycles. The Morgan fingerprint density at radius 2 is 2.12 bits per heavy atom. The molecule has 0 aliphatic carbocycles. The van der Waals surface area contributed by atoms with Gasteiger partial charge in [0.15, 0.2) is 0 Å². The van der Waals surface area contributed by atoms with Crippen molar-refractivity contribution < 1.29 is 13.9 Å². The molecule has 0 radical (unpaired) electrons. The van der Waals surface area contributed by atoms with E-state index >= 15 is 0 Å². The standard InChI is InChI=1S/C14H19FO2/c1-3-12-14(17-12)7-5-10-9-11(15)6-8-13(10)16-4-2/h6,8-9,12,14H,3-5,7H2,1-2H3. The van der Waals surface area contributed by atoms with Crippen molar-refractivity contribution in [2.24, 2.45) is 0 Å². The maximum atomic E-state index is 13.2. The van der Waals surface area contributed by atoms with Gasteiger partial charge in [0, 0.05) is 0 Å². The van der Waals surface area contributed by atoms with Gasteiger partial charge in [-0.1, -0.05) is 6.92 Å². The van der Waals surface area contributed by atoms with Crippen LogP contribution in [0.4, 0.5) is 4.39 Å². The largest absolute Gasteiger partial charge is 0.494 e. The number of ether oxygens (including phenoxy) is 2. The molecule has 1 aromatic carbocycles. The van der Waals surface area contributed by atoms with Crippen molar-refractivity contribution in [1.29, 1.82) is 0 Å². The molecule has 0 aromatic heterocycles. The lowest BCUT2D eigenvalue weighted by Crippen LogP contribution is -2.00. The number of hydrogen-bond acceptors (Lipinski definition) is 2. The molecular formula is C14H19FO2. The summed E-state index contributed by atoms with van der Waals surface area (Å²) in [6.45, 7) is 4.67. The topological polar surface area (TPSA) is 21.8 Å². The van der Waals surface area contributed by atoms with Gasteiger partial charge in [-0.25, -0.2) is 4.39 Å². The van der Waals surface area contributed by atoms with Crippen LogP contribution in [-0.2, 0) is 11.2 Å². The van der Waals surface area contributed by atoms with Crippen LogP contribution in [0.5, 0.6) is 5.75 Å². The highest BCUT2D eigenvalue weighted by Crippen LogP contribution is 2.31. The molecule has 2 rings (SSSR count). The van der Waals surface area contributed by atoms with Crippen LogP contribution < -0.4 is 4.74 Å². The number of halogens is 1. The number of benzene rings is 1. The number of aryl methyl sites for hydroxylation is 1. The Bertz CT molecular complexity index is 378. The van der Waals surface area contributed by atoms with E-state index in [9.17, 15) is 4.39 Å². The van der Waals surface area contributed by atoms with E-state index in [2.05, 4.69) is 6.92 Å². The third kappa shape index (κ3) is 3.19. The van der Waals surface area contributed by atoms with Gasteiger partial charge in [-0.05, 0) is 49.9 Å². The summed E-state index contributed by atoms with van der Waals surface area (Å²) >= 11 is 0. The van der Waals surface area contributed by atoms with E-state index in [1.807, 2.05) is 6.92 Å². The van der Waals surface area contributed by atoms with E-state index in [-0.39, 0.29) is 5.82 Å². The summed E-state index contributed by atoms with van der Waals surface area (Å²) in [5, 5.41) is 0. The molecule has 0 bridgehead atoms. The predicted molar refractivity (Wildman–Crippen MR) is 64.8 cm³/mol. The van der Waals surface area contributed by atoms with Crippen molar-refractivity contribution in [2.75, 3.05) is 6.61 Å². The smallest absolute Gasteiger partial charge is 0.123 e. The van der Waals surface area contributed by atoms with Gasteiger partial charge >= 0.3 is 0 Å². The first-order valence-corrected chi connectivity index (χ1v) is 6.31. The monoisotopic (exact) mass is 238 g/mol. The quantitative estimate of drug-likeness (QED) is 0.709. The highest BCUT2D eigenvalue weighted by Gasteiger charge is 2.36. The van der Waals surface area contributed by atoms with Crippen molar-refractivity contribution in [1.82, 2.24) is 0 Å². The van der Waals surface area contributed by atoms with Crippen LogP contribution in [0.15, 0.2) is 18.2 Å². The second kappa shape index (κ2) is 5.50. The minimum absolute atomic E-state index is 0.202. The first-order valence-electron chi connectivity index (χ1n) is 6.31. The lowest BCUT2D eigenvalue weighted by atomic mass is 10.1. The fraction of sp³-hybridized carbons (Fsp3) is 0.571. The average Bonchev–Trinajstić information content (AvgIpc) is 3.08. The van der Waals surface area contributed by atoms with Gasteiger partial charge in [-0.3, -0.25) is 0 Å². The Hall–Kier alpha value is -1.09. The molecule has 0 saturated carbocycles. The summed E-state index contributed by atoms with van der Waals surface area (Å²) in [7, 11) is 0. The molecule has 2 nitrogen and oxygen atoms in total. The Kier molecular flexibility index (Phi) is 4.00. The molecule has 94 valence electrons. The molecule has 0 N–H and O–H groups in total. The number of hydrogen-bond donors (Lipinski definition) is 0. The van der Waals surface area contributed by atoms with E-state index in [1.54, 1.807) is 12.1 Å². The molecule has 3 heteroatoms. The number of epoxide rings is 1. The summed E-state index contributed by atoms with van der Waals surface area (Å²) in [6, 6.07) is 4.71. The van der Waals surface area contributed by atoms with Gasteiger partial charge in [0.1, 0.15) is 11.6 Å². The molecule has 2 atom stereocenters. The molecular weight excluding hydrogens is 219 g/mol. The maximum absolute atomic E-state index is 13.2. The zero-order valence-electron chi connectivity index (χ0n) is 10.4. The highest BCUT2D eigenvalue weighted by atomic mass is 19.1. The molecule has 1 heterocycles. The Balaban J connectivity index is 1.96. The van der Waals surface area contributed by atoms with E-state index in [4.69, 9.17) is 9.47 Å². The second-order valence-electron chi connectivity index (χ2n) is 4.34. The fourth-order valence-corrected chi connectivity index (χ4v) is 2.13. The normalized spacial score (nSPS) is 22.5. The Morgan fingerprint density at radius 1 is 1.29 bits per heavy atom. The van der Waals surface area contributed by atoms with Crippen LogP contribution in [0, 0.1) is 5.82 Å². The molecule has 1 aromatic rings. The molecule has 2 unspecified atom stereocenters. The third-order valence-electron chi connectivity index (χ3n) is 3.11. The van der Waals surface area contributed by atoms with Crippen LogP contribution in [0.25, 0.3) is 0 Å². The summed E-state index contributed by atoms with van der Waals surface area (Å²) < 4.78 is 24.2. The molecule has 0 spiro atoms. The SMILES string of the molecule is CCOc1ccc(F)cc1CCC1OC1CC. The Morgan fingerprint density at radius 3 is 2.76 bits per heavy atom. The molecule has 1 aliphatic rings. The molecule has 1 aliphatic heterocycles. The van der Waals surface area contributed by atoms with Crippen LogP contribution in [-0.4, -0.2) is 18.8 Å². The van der Waals surface area contributed by atoms with Gasteiger partial charge < -0.3 is 9.47 Å². The van der Waals surface area contributed by atoms with Gasteiger partial charge in [0.25, 0.3) is 0 Å². The van der Waals surface area contributed by atoms with Crippen LogP contribution in [0.1, 0.15) is 32.3 Å². The average molecular weight is 238 g/mol. The van der Waals surface area contributed by atoms with Crippen molar-refractivity contribution in [2.45, 2.75) is 45.3 Å². The number of rotatable bonds is 6. The lowest BCUT2D eigenvalue weighted by Gasteiger charge is -2.09. The summed E-state index contributed by atoms with van der Waals surface area (Å²) in [6.07, 6.45) is 3.60. The van der Waals surface area contributed by atoms with Crippen LogP contribution in [0.2, 0.25) is 0 Å². The molecule has 1 fully saturated rings. The molecule has 17 heavy (non-hydrogen) atoms. The second-order valence-corrected chi connectivity index (χ2v) is 4.34. The summed E-state index contributed by atoms with van der Waals surface area (Å²) in [5.41, 5.74) is 0.942. The zero-order chi connectivity index (χ0) is 12.3. The summed E-state index contributed by atoms with van der Waals surface area (Å²) in [4.78, 5) is 0. The van der Waals surface area contributed by atoms with Crippen molar-refractivity contribution in [3.05, 3.63) is 29.6 Å². The zero-order valence-corrected chi connectivity index (χ0v) is 10.4. The first-order chi connectivity index (χ1) is 8.24. The van der Waals surface area contributed by atoms with Crippen LogP contribution in [0.3, 0.4) is 0 Å². The van der Waals surface area contributed by atoms with Crippen molar-refractivity contribution >= 4 is 0 Å². The lowest BCUT2D eigenvalue weighted by molar-refractivity contribution is 0.333. The third-order valence-corrected chi connectivity index (χ3v) is 3.11. The van der Waals surface area contributed by atoms with Crippen molar-refractivity contribution in [3.63, 3.8) is 0 Å². The Labute approximate surface area is 102 Å². The van der Waals surface area contributed by atoms with Gasteiger partial charge in [0.2, 0.25) is 0 Å².